The van der Waals surface area contributed by atoms with Crippen molar-refractivity contribution < 1.29 is 18.3 Å². The van der Waals surface area contributed by atoms with Gasteiger partial charge < -0.3 is 20.9 Å². The van der Waals surface area contributed by atoms with Crippen LogP contribution in [0.3, 0.4) is 0 Å². The topological polar surface area (TPSA) is 99.0 Å². The van der Waals surface area contributed by atoms with E-state index in [1.807, 2.05) is 19.9 Å². The van der Waals surface area contributed by atoms with Crippen LogP contribution < -0.4 is 16.2 Å². The Kier molecular flexibility index (Phi) is 6.67. The van der Waals surface area contributed by atoms with Gasteiger partial charge in [0.2, 0.25) is 0 Å². The molecule has 32 heavy (non-hydrogen) atoms. The van der Waals surface area contributed by atoms with Gasteiger partial charge in [-0.15, -0.1) is 0 Å². The molecule has 0 bridgehead atoms. The van der Waals surface area contributed by atoms with Crippen LogP contribution in [-0.4, -0.2) is 60.6 Å². The van der Waals surface area contributed by atoms with E-state index in [1.165, 1.54) is 25.1 Å². The molecule has 2 heterocycles. The summed E-state index contributed by atoms with van der Waals surface area (Å²) in [7, 11) is 1.79. The predicted octanol–water partition coefficient (Wildman–Crippen LogP) is 3.16. The predicted molar refractivity (Wildman–Crippen MR) is 120 cm³/mol. The van der Waals surface area contributed by atoms with E-state index in [1.54, 1.807) is 7.11 Å². The fourth-order valence-electron chi connectivity index (χ4n) is 5.39. The Morgan fingerprint density at radius 1 is 1.31 bits per heavy atom. The SMILES string of the molecule is COC1CCN(C2C[C@@H]3C(C(C=C(N)c4cnc(N)c(OC(F)F)c4)=NC(C)C)[C@@H]3C2)C1. The molecule has 3 unspecified atom stereocenters. The van der Waals surface area contributed by atoms with E-state index in [0.29, 0.717) is 41.2 Å². The molecule has 5 atom stereocenters. The fourth-order valence-corrected chi connectivity index (χ4v) is 5.39. The van der Waals surface area contributed by atoms with Gasteiger partial charge in [0, 0.05) is 61.4 Å². The van der Waals surface area contributed by atoms with E-state index in [2.05, 4.69) is 14.6 Å². The van der Waals surface area contributed by atoms with Crippen molar-refractivity contribution in [2.24, 2.45) is 28.5 Å². The molecule has 9 heteroatoms. The number of nitrogens with two attached hydrogens (primary N) is 2. The normalized spacial score (nSPS) is 30.9. The molecule has 2 saturated carbocycles. The van der Waals surface area contributed by atoms with Gasteiger partial charge in [0.05, 0.1) is 6.10 Å². The number of ether oxygens (including phenoxy) is 2. The Labute approximate surface area is 187 Å². The van der Waals surface area contributed by atoms with Crippen molar-refractivity contribution in [3.05, 3.63) is 23.9 Å². The van der Waals surface area contributed by atoms with E-state index >= 15 is 0 Å². The average Bonchev–Trinajstić information content (AvgIpc) is 3.09. The highest BCUT2D eigenvalue weighted by Gasteiger charge is 2.58. The first kappa shape index (κ1) is 22.9. The van der Waals surface area contributed by atoms with E-state index in [0.717, 1.165) is 25.2 Å². The third-order valence-electron chi connectivity index (χ3n) is 6.93. The smallest absolute Gasteiger partial charge is 0.387 e. The van der Waals surface area contributed by atoms with Crippen molar-refractivity contribution in [1.82, 2.24) is 9.88 Å². The van der Waals surface area contributed by atoms with Gasteiger partial charge >= 0.3 is 6.61 Å². The highest BCUT2D eigenvalue weighted by Crippen LogP contribution is 2.59. The number of aromatic nitrogens is 1. The largest absolute Gasteiger partial charge is 0.431 e. The Morgan fingerprint density at radius 2 is 2.03 bits per heavy atom. The minimum absolute atomic E-state index is 0.0988. The number of hydrogen-bond acceptors (Lipinski definition) is 7. The molecular weight excluding hydrogens is 416 g/mol. The van der Waals surface area contributed by atoms with Crippen LogP contribution >= 0.6 is 0 Å². The zero-order valence-electron chi connectivity index (χ0n) is 18.9. The van der Waals surface area contributed by atoms with Gasteiger partial charge in [0.1, 0.15) is 0 Å². The number of likely N-dealkylation sites (tertiary alicyclic amines) is 1. The van der Waals surface area contributed by atoms with Crippen molar-refractivity contribution in [3.63, 3.8) is 0 Å². The summed E-state index contributed by atoms with van der Waals surface area (Å²) in [5.74, 6) is 1.35. The number of methoxy groups -OCH3 is 1. The van der Waals surface area contributed by atoms with Gasteiger partial charge in [-0.1, -0.05) is 0 Å². The first-order valence-electron chi connectivity index (χ1n) is 11.3. The standard InChI is InChI=1S/C23H33F2N5O2/c1-12(2)29-19(9-18(26)13-6-20(32-23(24)25)22(27)28-10-13)21-16-7-14(8-17(16)21)30-5-4-15(11-30)31-3/h6,9-10,12,14-17,21,23H,4-5,7-8,11,26H2,1-3H3,(H2,27,28)/t14?,15?,16-,17+,21?. The van der Waals surface area contributed by atoms with Crippen LogP contribution in [0.25, 0.3) is 5.70 Å². The lowest BCUT2D eigenvalue weighted by atomic mass is 10.0. The summed E-state index contributed by atoms with van der Waals surface area (Å²) in [5.41, 5.74) is 13.9. The maximum Gasteiger partial charge on any atom is 0.387 e. The van der Waals surface area contributed by atoms with Crippen molar-refractivity contribution >= 4 is 17.2 Å². The molecule has 1 aromatic rings. The van der Waals surface area contributed by atoms with Crippen LogP contribution in [-0.2, 0) is 4.74 Å². The monoisotopic (exact) mass is 449 g/mol. The molecular formula is C23H33F2N5O2. The first-order valence-corrected chi connectivity index (χ1v) is 11.3. The van der Waals surface area contributed by atoms with E-state index < -0.39 is 6.61 Å². The van der Waals surface area contributed by atoms with Crippen molar-refractivity contribution in [2.45, 2.75) is 57.9 Å². The number of pyridine rings is 1. The zero-order chi connectivity index (χ0) is 23.0. The Hall–Kier alpha value is -2.26. The van der Waals surface area contributed by atoms with Gasteiger partial charge in [-0.25, -0.2) is 4.98 Å². The van der Waals surface area contributed by atoms with Crippen molar-refractivity contribution in [3.8, 4) is 5.75 Å². The molecule has 0 aromatic carbocycles. The number of allylic oxidation sites excluding steroid dienone is 1. The number of halogens is 2. The molecule has 2 aliphatic carbocycles. The van der Waals surface area contributed by atoms with Crippen LogP contribution in [0.15, 0.2) is 23.3 Å². The number of nitrogen functional groups attached to an aromatic ring is 1. The second kappa shape index (κ2) is 9.31. The molecule has 0 radical (unpaired) electrons. The minimum atomic E-state index is -2.98. The van der Waals surface area contributed by atoms with Crippen LogP contribution in [0.5, 0.6) is 5.75 Å². The molecule has 1 aliphatic heterocycles. The number of fused-ring (bicyclic) bond motifs is 1. The molecule has 4 rings (SSSR count). The second-order valence-corrected chi connectivity index (χ2v) is 9.35. The summed E-state index contributed by atoms with van der Waals surface area (Å²) in [6.45, 7) is 3.24. The Bertz CT molecular complexity index is 879. The zero-order valence-corrected chi connectivity index (χ0v) is 18.9. The Morgan fingerprint density at radius 3 is 2.62 bits per heavy atom. The minimum Gasteiger partial charge on any atom is -0.431 e. The van der Waals surface area contributed by atoms with Gasteiger partial charge in [0.15, 0.2) is 11.6 Å². The van der Waals surface area contributed by atoms with Crippen molar-refractivity contribution in [2.75, 3.05) is 25.9 Å². The van der Waals surface area contributed by atoms with E-state index in [4.69, 9.17) is 21.2 Å². The van der Waals surface area contributed by atoms with Gasteiger partial charge in [-0.3, -0.25) is 9.89 Å². The van der Waals surface area contributed by atoms with Gasteiger partial charge in [-0.05, 0) is 57.1 Å². The van der Waals surface area contributed by atoms with Crippen LogP contribution in [0.2, 0.25) is 0 Å². The number of anilines is 1. The van der Waals surface area contributed by atoms with E-state index in [-0.39, 0.29) is 17.6 Å². The van der Waals surface area contributed by atoms with Crippen LogP contribution in [0.1, 0.15) is 38.7 Å². The molecule has 3 fully saturated rings. The van der Waals surface area contributed by atoms with Gasteiger partial charge in [0.25, 0.3) is 0 Å². The third-order valence-corrected chi connectivity index (χ3v) is 6.93. The maximum absolute atomic E-state index is 12.6. The fraction of sp³-hybridized carbons (Fsp3) is 0.652. The number of aliphatic imine (C=N–C) groups is 1. The van der Waals surface area contributed by atoms with E-state index in [9.17, 15) is 8.78 Å². The van der Waals surface area contributed by atoms with Crippen LogP contribution in [0, 0.1) is 17.8 Å². The lowest BCUT2D eigenvalue weighted by molar-refractivity contribution is -0.0495. The molecule has 7 nitrogen and oxygen atoms in total. The summed E-state index contributed by atoms with van der Waals surface area (Å²) >= 11 is 0. The number of rotatable bonds is 8. The Balaban J connectivity index is 1.46. The highest BCUT2D eigenvalue weighted by atomic mass is 19.3. The quantitative estimate of drug-likeness (QED) is 0.592. The lowest BCUT2D eigenvalue weighted by Crippen LogP contribution is -2.34. The molecule has 0 spiro atoms. The third kappa shape index (κ3) is 4.88. The number of alkyl halides is 2. The maximum atomic E-state index is 12.6. The number of hydrogen-bond donors (Lipinski definition) is 2. The molecule has 176 valence electrons. The lowest BCUT2D eigenvalue weighted by Gasteiger charge is -2.26. The molecule has 4 N–H and O–H groups in total. The first-order chi connectivity index (χ1) is 15.3. The number of nitrogens with zero attached hydrogens (tertiary/aromatic N) is 3. The molecule has 3 aliphatic rings. The summed E-state index contributed by atoms with van der Waals surface area (Å²) in [5, 5.41) is 0. The highest BCUT2D eigenvalue weighted by molar-refractivity contribution is 6.04. The molecule has 1 saturated heterocycles. The van der Waals surface area contributed by atoms with Crippen LogP contribution in [0.4, 0.5) is 14.6 Å². The molecule has 0 amide bonds. The molecule has 1 aromatic heterocycles. The summed E-state index contributed by atoms with van der Waals surface area (Å²) < 4.78 is 35.2. The summed E-state index contributed by atoms with van der Waals surface area (Å²) in [6, 6.07) is 2.16. The van der Waals surface area contributed by atoms with Crippen molar-refractivity contribution in [1.29, 1.82) is 0 Å². The summed E-state index contributed by atoms with van der Waals surface area (Å²) in [4.78, 5) is 11.4. The summed E-state index contributed by atoms with van der Waals surface area (Å²) in [6.07, 6.45) is 7.15. The second-order valence-electron chi connectivity index (χ2n) is 9.35. The average molecular weight is 450 g/mol. The van der Waals surface area contributed by atoms with Gasteiger partial charge in [-0.2, -0.15) is 8.78 Å².